The van der Waals surface area contributed by atoms with E-state index in [4.69, 9.17) is 4.74 Å². The highest BCUT2D eigenvalue weighted by Gasteiger charge is 2.30. The number of hydrogen-bond donors (Lipinski definition) is 1. The largest absolute Gasteiger partial charge is 0.444 e. The summed E-state index contributed by atoms with van der Waals surface area (Å²) in [5.74, 6) is -0.916. The maximum Gasteiger partial charge on any atom is 0.339 e. The van der Waals surface area contributed by atoms with Crippen molar-refractivity contribution in [2.75, 3.05) is 19.4 Å². The van der Waals surface area contributed by atoms with Gasteiger partial charge in [-0.3, -0.25) is 9.59 Å². The van der Waals surface area contributed by atoms with Crippen molar-refractivity contribution in [3.63, 3.8) is 0 Å². The summed E-state index contributed by atoms with van der Waals surface area (Å²) < 4.78 is 5.52. The first kappa shape index (κ1) is 18.6. The second-order valence-electron chi connectivity index (χ2n) is 6.77. The number of likely N-dealkylation sites (N-methyl/N-ethyl adjacent to an activating group) is 1. The van der Waals surface area contributed by atoms with Crippen LogP contribution in [0.2, 0.25) is 0 Å². The third-order valence-corrected chi connectivity index (χ3v) is 4.31. The third kappa shape index (κ3) is 4.73. The Morgan fingerprint density at radius 2 is 1.74 bits per heavy atom. The smallest absolute Gasteiger partial charge is 0.339 e. The minimum absolute atomic E-state index is 0.0366. The summed E-state index contributed by atoms with van der Waals surface area (Å²) in [6, 6.07) is 15.4. The molecule has 0 bridgehead atoms. The van der Waals surface area contributed by atoms with E-state index < -0.39 is 12.1 Å². The summed E-state index contributed by atoms with van der Waals surface area (Å²) in [5, 5.41) is 2.80. The van der Waals surface area contributed by atoms with Crippen LogP contribution in [0.1, 0.15) is 34.9 Å². The zero-order valence-corrected chi connectivity index (χ0v) is 15.3. The van der Waals surface area contributed by atoms with E-state index in [0.29, 0.717) is 11.3 Å². The molecule has 6 nitrogen and oxygen atoms in total. The molecule has 3 rings (SSSR count). The van der Waals surface area contributed by atoms with E-state index >= 15 is 0 Å². The van der Waals surface area contributed by atoms with E-state index in [0.717, 1.165) is 12.8 Å². The summed E-state index contributed by atoms with van der Waals surface area (Å²) in [7, 11) is 3.22. The zero-order valence-electron chi connectivity index (χ0n) is 15.3. The normalized spacial score (nSPS) is 14.1. The molecule has 0 aliphatic heterocycles. The topological polar surface area (TPSA) is 75.7 Å². The molecule has 0 heterocycles. The Morgan fingerprint density at radius 1 is 1.04 bits per heavy atom. The lowest BCUT2D eigenvalue weighted by Crippen LogP contribution is -2.31. The number of hydrogen-bond acceptors (Lipinski definition) is 4. The monoisotopic (exact) mass is 366 g/mol. The maximum absolute atomic E-state index is 12.6. The number of benzene rings is 2. The quantitative estimate of drug-likeness (QED) is 0.798. The number of ether oxygens (including phenoxy) is 1. The molecule has 27 heavy (non-hydrogen) atoms. The van der Waals surface area contributed by atoms with Gasteiger partial charge < -0.3 is 15.0 Å². The van der Waals surface area contributed by atoms with Crippen molar-refractivity contribution in [1.82, 2.24) is 4.90 Å². The third-order valence-electron chi connectivity index (χ3n) is 4.31. The molecule has 0 spiro atoms. The summed E-state index contributed by atoms with van der Waals surface area (Å²) in [6.07, 6.45) is 0.774. The van der Waals surface area contributed by atoms with Crippen LogP contribution in [-0.4, -0.2) is 36.8 Å². The van der Waals surface area contributed by atoms with Gasteiger partial charge in [0.25, 0.3) is 5.91 Å². The summed E-state index contributed by atoms with van der Waals surface area (Å²) >= 11 is 0. The van der Waals surface area contributed by atoms with Crippen LogP contribution in [0.3, 0.4) is 0 Å². The molecule has 0 aromatic heterocycles. The van der Waals surface area contributed by atoms with E-state index in [2.05, 4.69) is 5.32 Å². The number of carbonyl (C=O) groups excluding carboxylic acids is 3. The molecule has 1 saturated carbocycles. The molecule has 1 atom stereocenters. The molecule has 2 amide bonds. The fourth-order valence-corrected chi connectivity index (χ4v) is 2.61. The highest BCUT2D eigenvalue weighted by atomic mass is 16.5. The molecule has 0 radical (unpaired) electrons. The molecule has 1 aliphatic carbocycles. The average Bonchev–Trinajstić information content (AvgIpc) is 3.51. The first-order valence-electron chi connectivity index (χ1n) is 8.83. The van der Waals surface area contributed by atoms with E-state index in [1.54, 1.807) is 62.6 Å². The van der Waals surface area contributed by atoms with Gasteiger partial charge in [-0.2, -0.15) is 0 Å². The molecular weight excluding hydrogens is 344 g/mol. The molecule has 6 heteroatoms. The predicted molar refractivity (Wildman–Crippen MR) is 101 cm³/mol. The predicted octanol–water partition coefficient (Wildman–Crippen LogP) is 3.02. The van der Waals surface area contributed by atoms with Crippen molar-refractivity contribution in [3.05, 3.63) is 65.7 Å². The number of esters is 1. The summed E-state index contributed by atoms with van der Waals surface area (Å²) in [4.78, 5) is 38.4. The van der Waals surface area contributed by atoms with Gasteiger partial charge in [-0.1, -0.05) is 36.4 Å². The van der Waals surface area contributed by atoms with Gasteiger partial charge in [0.15, 0.2) is 0 Å². The van der Waals surface area contributed by atoms with Crippen molar-refractivity contribution in [2.45, 2.75) is 18.9 Å². The number of nitrogens with zero attached hydrogens (tertiary/aromatic N) is 1. The molecule has 1 unspecified atom stereocenters. The van der Waals surface area contributed by atoms with Crippen molar-refractivity contribution < 1.29 is 19.1 Å². The average molecular weight is 366 g/mol. The van der Waals surface area contributed by atoms with Crippen LogP contribution >= 0.6 is 0 Å². The number of carbonyl (C=O) groups is 3. The fraction of sp³-hybridized carbons (Fsp3) is 0.286. The van der Waals surface area contributed by atoms with Crippen LogP contribution in [0.25, 0.3) is 0 Å². The Bertz CT molecular complexity index is 844. The highest BCUT2D eigenvalue weighted by Crippen LogP contribution is 2.30. The molecule has 1 aliphatic rings. The fourth-order valence-electron chi connectivity index (χ4n) is 2.61. The zero-order chi connectivity index (χ0) is 19.4. The molecule has 2 aromatic rings. The van der Waals surface area contributed by atoms with Crippen molar-refractivity contribution in [2.24, 2.45) is 5.92 Å². The minimum Gasteiger partial charge on any atom is -0.444 e. The van der Waals surface area contributed by atoms with Crippen molar-refractivity contribution in [3.8, 4) is 0 Å². The lowest BCUT2D eigenvalue weighted by Gasteiger charge is -2.21. The molecule has 0 saturated heterocycles. The van der Waals surface area contributed by atoms with Gasteiger partial charge in [0, 0.05) is 31.3 Å². The molecule has 2 aromatic carbocycles. The van der Waals surface area contributed by atoms with Crippen LogP contribution in [-0.2, 0) is 14.3 Å². The number of rotatable bonds is 6. The second kappa shape index (κ2) is 8.03. The first-order valence-corrected chi connectivity index (χ1v) is 8.83. The van der Waals surface area contributed by atoms with E-state index in [1.807, 2.05) is 6.07 Å². The first-order chi connectivity index (χ1) is 13.0. The molecule has 1 N–H and O–H groups in total. The Hall–Kier alpha value is -3.15. The van der Waals surface area contributed by atoms with Crippen LogP contribution in [0.5, 0.6) is 0 Å². The Kier molecular flexibility index (Phi) is 5.54. The van der Waals surface area contributed by atoms with Crippen LogP contribution in [0.4, 0.5) is 5.69 Å². The standard InChI is InChI=1S/C21H22N2O4/c1-23(2)20(25)18(14-7-4-3-5-8-14)27-21(26)16-9-6-10-17(13-16)22-19(24)15-11-12-15/h3-10,13,15,18H,11-12H2,1-2H3,(H,22,24). The Morgan fingerprint density at radius 3 is 2.37 bits per heavy atom. The van der Waals surface area contributed by atoms with Crippen molar-refractivity contribution >= 4 is 23.5 Å². The summed E-state index contributed by atoms with van der Waals surface area (Å²) in [5.41, 5.74) is 1.41. The van der Waals surface area contributed by atoms with Gasteiger partial charge in [0.05, 0.1) is 5.56 Å². The van der Waals surface area contributed by atoms with Gasteiger partial charge in [-0.15, -0.1) is 0 Å². The van der Waals surface area contributed by atoms with Gasteiger partial charge in [0.2, 0.25) is 12.0 Å². The molecular formula is C21H22N2O4. The van der Waals surface area contributed by atoms with Crippen LogP contribution in [0, 0.1) is 5.92 Å². The van der Waals surface area contributed by atoms with Gasteiger partial charge in [-0.05, 0) is 31.0 Å². The van der Waals surface area contributed by atoms with E-state index in [1.165, 1.54) is 4.90 Å². The Balaban J connectivity index is 1.77. The number of nitrogens with one attached hydrogen (secondary N) is 1. The molecule has 1 fully saturated rings. The lowest BCUT2D eigenvalue weighted by molar-refractivity contribution is -0.138. The SMILES string of the molecule is CN(C)C(=O)C(OC(=O)c1cccc(NC(=O)C2CC2)c1)c1ccccc1. The highest BCUT2D eigenvalue weighted by molar-refractivity contribution is 5.97. The second-order valence-corrected chi connectivity index (χ2v) is 6.77. The van der Waals surface area contributed by atoms with Crippen LogP contribution in [0.15, 0.2) is 54.6 Å². The number of anilines is 1. The lowest BCUT2D eigenvalue weighted by atomic mass is 10.1. The number of amides is 2. The summed E-state index contributed by atoms with van der Waals surface area (Å²) in [6.45, 7) is 0. The molecule has 140 valence electrons. The van der Waals surface area contributed by atoms with Gasteiger partial charge >= 0.3 is 5.97 Å². The van der Waals surface area contributed by atoms with Gasteiger partial charge in [0.1, 0.15) is 0 Å². The van der Waals surface area contributed by atoms with E-state index in [-0.39, 0.29) is 23.3 Å². The minimum atomic E-state index is -1.03. The van der Waals surface area contributed by atoms with Crippen molar-refractivity contribution in [1.29, 1.82) is 0 Å². The van der Waals surface area contributed by atoms with E-state index in [9.17, 15) is 14.4 Å². The maximum atomic E-state index is 12.6. The Labute approximate surface area is 158 Å². The van der Waals surface area contributed by atoms with Gasteiger partial charge in [-0.25, -0.2) is 4.79 Å². The van der Waals surface area contributed by atoms with Crippen LogP contribution < -0.4 is 5.32 Å².